The van der Waals surface area contributed by atoms with E-state index in [4.69, 9.17) is 11.1 Å². The molecule has 0 radical (unpaired) electrons. The normalized spacial score (nSPS) is 21.8. The lowest BCUT2D eigenvalue weighted by atomic mass is 10.2. The van der Waals surface area contributed by atoms with Gasteiger partial charge in [-0.25, -0.2) is 0 Å². The van der Waals surface area contributed by atoms with Crippen molar-refractivity contribution in [2.75, 3.05) is 19.3 Å². The minimum absolute atomic E-state index is 0. The highest BCUT2D eigenvalue weighted by Crippen LogP contribution is 2.18. The molecule has 0 saturated carbocycles. The fourth-order valence-electron chi connectivity index (χ4n) is 1.38. The summed E-state index contributed by atoms with van der Waals surface area (Å²) in [6.45, 7) is 1.20. The first-order chi connectivity index (χ1) is 5.20. The standard InChI is InChI=1S/C7H15N3S.2ClH/c1-10-4-2-3-6(10)5-11-7(8)9;;/h6H,2-5H2,1H3,(H3,8,9);2*1H/t6-;;/m0../s1. The van der Waals surface area contributed by atoms with Crippen LogP contribution < -0.4 is 5.73 Å². The van der Waals surface area contributed by atoms with Crippen LogP contribution in [0, 0.1) is 5.41 Å². The van der Waals surface area contributed by atoms with Gasteiger partial charge >= 0.3 is 0 Å². The van der Waals surface area contributed by atoms with E-state index >= 15 is 0 Å². The Bertz CT molecular complexity index is 157. The van der Waals surface area contributed by atoms with Crippen molar-refractivity contribution < 1.29 is 0 Å². The quantitative estimate of drug-likeness (QED) is 0.574. The Kier molecular flexibility index (Phi) is 9.41. The van der Waals surface area contributed by atoms with Crippen molar-refractivity contribution in [3.63, 3.8) is 0 Å². The summed E-state index contributed by atoms with van der Waals surface area (Å²) in [4.78, 5) is 2.34. The zero-order chi connectivity index (χ0) is 8.27. The third-order valence-electron chi connectivity index (χ3n) is 2.10. The van der Waals surface area contributed by atoms with Gasteiger partial charge in [-0.3, -0.25) is 5.41 Å². The number of thioether (sulfide) groups is 1. The Morgan fingerprint density at radius 3 is 2.62 bits per heavy atom. The van der Waals surface area contributed by atoms with Crippen LogP contribution >= 0.6 is 36.6 Å². The Morgan fingerprint density at radius 1 is 1.62 bits per heavy atom. The molecule has 1 fully saturated rings. The van der Waals surface area contributed by atoms with Gasteiger partial charge in [0, 0.05) is 11.8 Å². The molecule has 6 heteroatoms. The molecule has 0 aromatic rings. The van der Waals surface area contributed by atoms with Gasteiger partial charge in [-0.1, -0.05) is 11.8 Å². The van der Waals surface area contributed by atoms with Crippen LogP contribution in [-0.2, 0) is 0 Å². The molecule has 13 heavy (non-hydrogen) atoms. The van der Waals surface area contributed by atoms with Crippen LogP contribution in [0.2, 0.25) is 0 Å². The molecule has 0 aromatic carbocycles. The third-order valence-corrected chi connectivity index (χ3v) is 2.97. The van der Waals surface area contributed by atoms with Crippen molar-refractivity contribution in [1.82, 2.24) is 4.90 Å². The number of hydrogen-bond donors (Lipinski definition) is 2. The van der Waals surface area contributed by atoms with Crippen LogP contribution in [0.5, 0.6) is 0 Å². The van der Waals surface area contributed by atoms with E-state index < -0.39 is 0 Å². The van der Waals surface area contributed by atoms with Gasteiger partial charge in [0.1, 0.15) is 0 Å². The monoisotopic (exact) mass is 245 g/mol. The predicted octanol–water partition coefficient (Wildman–Crippen LogP) is 1.55. The molecule has 0 aromatic heterocycles. The number of nitrogens with one attached hydrogen (secondary N) is 1. The number of nitrogens with two attached hydrogens (primary N) is 1. The zero-order valence-corrected chi connectivity index (χ0v) is 10.1. The average molecular weight is 246 g/mol. The topological polar surface area (TPSA) is 53.1 Å². The summed E-state index contributed by atoms with van der Waals surface area (Å²) in [5.74, 6) is 0.978. The van der Waals surface area contributed by atoms with E-state index in [0.29, 0.717) is 6.04 Å². The summed E-state index contributed by atoms with van der Waals surface area (Å²) in [5, 5.41) is 7.29. The molecule has 0 amide bonds. The fourth-order valence-corrected chi connectivity index (χ4v) is 2.17. The van der Waals surface area contributed by atoms with Gasteiger partial charge < -0.3 is 10.6 Å². The van der Waals surface area contributed by atoms with Gasteiger partial charge in [0.15, 0.2) is 5.17 Å². The fraction of sp³-hybridized carbons (Fsp3) is 0.857. The summed E-state index contributed by atoms with van der Waals surface area (Å²) in [6, 6.07) is 0.642. The average Bonchev–Trinajstić information content (AvgIpc) is 2.31. The van der Waals surface area contributed by atoms with Crippen LogP contribution in [0.3, 0.4) is 0 Å². The Balaban J connectivity index is 0. The largest absolute Gasteiger partial charge is 0.379 e. The van der Waals surface area contributed by atoms with Crippen molar-refractivity contribution in [2.45, 2.75) is 18.9 Å². The number of hydrogen-bond acceptors (Lipinski definition) is 3. The van der Waals surface area contributed by atoms with Gasteiger partial charge in [0.05, 0.1) is 0 Å². The summed E-state index contributed by atoms with van der Waals surface area (Å²) < 4.78 is 0. The third kappa shape index (κ3) is 5.62. The highest BCUT2D eigenvalue weighted by Gasteiger charge is 2.20. The number of likely N-dealkylation sites (tertiary alicyclic amines) is 1. The number of amidine groups is 1. The van der Waals surface area contributed by atoms with Crippen LogP contribution in [0.25, 0.3) is 0 Å². The minimum atomic E-state index is 0. The van der Waals surface area contributed by atoms with E-state index in [1.807, 2.05) is 0 Å². The van der Waals surface area contributed by atoms with E-state index in [-0.39, 0.29) is 30.0 Å². The molecule has 1 aliphatic heterocycles. The maximum absolute atomic E-state index is 7.05. The SMILES string of the molecule is CN1CCC[C@H]1CSC(=N)N.Cl.Cl. The molecule has 3 N–H and O–H groups in total. The minimum Gasteiger partial charge on any atom is -0.379 e. The lowest BCUT2D eigenvalue weighted by molar-refractivity contribution is 0.335. The Morgan fingerprint density at radius 2 is 2.23 bits per heavy atom. The van der Waals surface area contributed by atoms with Crippen LogP contribution in [0.1, 0.15) is 12.8 Å². The van der Waals surface area contributed by atoms with E-state index in [1.54, 1.807) is 0 Å². The van der Waals surface area contributed by atoms with Crippen LogP contribution in [-0.4, -0.2) is 35.5 Å². The molecule has 0 aliphatic carbocycles. The number of halogens is 2. The summed E-state index contributed by atoms with van der Waals surface area (Å²) in [7, 11) is 2.14. The summed E-state index contributed by atoms with van der Waals surface area (Å²) in [6.07, 6.45) is 2.55. The predicted molar refractivity (Wildman–Crippen MR) is 64.5 cm³/mol. The molecule has 80 valence electrons. The van der Waals surface area contributed by atoms with E-state index in [9.17, 15) is 0 Å². The Labute approximate surface area is 96.1 Å². The van der Waals surface area contributed by atoms with Crippen molar-refractivity contribution in [3.8, 4) is 0 Å². The van der Waals surface area contributed by atoms with Crippen molar-refractivity contribution in [3.05, 3.63) is 0 Å². The molecule has 3 nitrogen and oxygen atoms in total. The van der Waals surface area contributed by atoms with Gasteiger partial charge in [0.2, 0.25) is 0 Å². The lowest BCUT2D eigenvalue weighted by Crippen LogP contribution is -2.27. The van der Waals surface area contributed by atoms with Crippen LogP contribution in [0.15, 0.2) is 0 Å². The van der Waals surface area contributed by atoms with Gasteiger partial charge in [-0.05, 0) is 26.4 Å². The maximum atomic E-state index is 7.05. The molecule has 0 bridgehead atoms. The van der Waals surface area contributed by atoms with Gasteiger partial charge in [0.25, 0.3) is 0 Å². The summed E-state index contributed by atoms with van der Waals surface area (Å²) >= 11 is 1.45. The zero-order valence-electron chi connectivity index (χ0n) is 7.66. The molecule has 1 aliphatic rings. The van der Waals surface area contributed by atoms with Crippen molar-refractivity contribution >= 4 is 41.7 Å². The first-order valence-electron chi connectivity index (χ1n) is 3.87. The van der Waals surface area contributed by atoms with Crippen molar-refractivity contribution in [1.29, 1.82) is 5.41 Å². The molecule has 0 unspecified atom stereocenters. The van der Waals surface area contributed by atoms with E-state index in [2.05, 4.69) is 11.9 Å². The lowest BCUT2D eigenvalue weighted by Gasteiger charge is -2.17. The highest BCUT2D eigenvalue weighted by atomic mass is 35.5. The molecule has 1 atom stereocenters. The second-order valence-corrected chi connectivity index (χ2v) is 4.01. The second-order valence-electron chi connectivity index (χ2n) is 2.95. The molecular weight excluding hydrogens is 229 g/mol. The highest BCUT2D eigenvalue weighted by molar-refractivity contribution is 8.13. The van der Waals surface area contributed by atoms with E-state index in [1.165, 1.54) is 31.1 Å². The molecule has 0 spiro atoms. The van der Waals surface area contributed by atoms with Crippen molar-refractivity contribution in [2.24, 2.45) is 5.73 Å². The Hall–Kier alpha value is 0.360. The molecule has 1 rings (SSSR count). The van der Waals surface area contributed by atoms with Gasteiger partial charge in [-0.15, -0.1) is 24.8 Å². The molecule has 1 heterocycles. The molecular formula is C7H17Cl2N3S. The van der Waals surface area contributed by atoms with E-state index in [0.717, 1.165) is 5.75 Å². The molecule has 1 saturated heterocycles. The summed E-state index contributed by atoms with van der Waals surface area (Å²) in [5.41, 5.74) is 5.24. The second kappa shape index (κ2) is 7.74. The first kappa shape index (κ1) is 15.8. The number of rotatable bonds is 2. The van der Waals surface area contributed by atoms with Gasteiger partial charge in [-0.2, -0.15) is 0 Å². The smallest absolute Gasteiger partial charge is 0.151 e. The number of nitrogens with zero attached hydrogens (tertiary/aromatic N) is 1. The maximum Gasteiger partial charge on any atom is 0.151 e. The first-order valence-corrected chi connectivity index (χ1v) is 4.86. The van der Waals surface area contributed by atoms with Crippen LogP contribution in [0.4, 0.5) is 0 Å².